The van der Waals surface area contributed by atoms with Gasteiger partial charge in [0.25, 0.3) is 0 Å². The van der Waals surface area contributed by atoms with Crippen molar-refractivity contribution in [3.05, 3.63) is 83.9 Å². The summed E-state index contributed by atoms with van der Waals surface area (Å²) in [6.07, 6.45) is 0. The zero-order valence-corrected chi connectivity index (χ0v) is 12.4. The van der Waals surface area contributed by atoms with Crippen LogP contribution in [0.25, 0.3) is 10.8 Å². The molecule has 2 atom stereocenters. The van der Waals surface area contributed by atoms with Crippen LogP contribution in [-0.4, -0.2) is 17.9 Å². The molecular weight excluding hydrogens is 270 g/mol. The molecule has 1 saturated heterocycles. The van der Waals surface area contributed by atoms with E-state index in [9.17, 15) is 4.79 Å². The summed E-state index contributed by atoms with van der Waals surface area (Å²) in [7, 11) is 1.89. The molecule has 2 heteroatoms. The van der Waals surface area contributed by atoms with E-state index in [0.717, 1.165) is 5.56 Å². The molecule has 0 spiro atoms. The first-order valence-electron chi connectivity index (χ1n) is 7.56. The van der Waals surface area contributed by atoms with Gasteiger partial charge in [0, 0.05) is 7.05 Å². The Morgan fingerprint density at radius 1 is 0.773 bits per heavy atom. The zero-order chi connectivity index (χ0) is 15.1. The first kappa shape index (κ1) is 13.1. The molecule has 0 unspecified atom stereocenters. The molecule has 1 heterocycles. The van der Waals surface area contributed by atoms with Crippen molar-refractivity contribution in [1.29, 1.82) is 0 Å². The Kier molecular flexibility index (Phi) is 2.97. The number of β-lactam (4-membered cyclic amide) rings is 1. The van der Waals surface area contributed by atoms with Crippen LogP contribution < -0.4 is 0 Å². The number of benzene rings is 3. The van der Waals surface area contributed by atoms with Gasteiger partial charge in [0.1, 0.15) is 0 Å². The molecule has 2 nitrogen and oxygen atoms in total. The number of nitrogens with zero attached hydrogens (tertiary/aromatic N) is 1. The molecule has 3 aromatic rings. The van der Waals surface area contributed by atoms with Gasteiger partial charge >= 0.3 is 0 Å². The van der Waals surface area contributed by atoms with Gasteiger partial charge in [-0.1, -0.05) is 72.8 Å². The van der Waals surface area contributed by atoms with Crippen LogP contribution in [0.3, 0.4) is 0 Å². The molecule has 0 radical (unpaired) electrons. The molecule has 1 aliphatic heterocycles. The minimum atomic E-state index is -0.0722. The summed E-state index contributed by atoms with van der Waals surface area (Å²) in [5, 5.41) is 2.40. The number of carbonyl (C=O) groups is 1. The Balaban J connectivity index is 1.77. The standard InChI is InChI=1S/C20H17NO/c1-21-19(15-8-3-2-4-9-15)18(20(21)22)17-12-11-14-7-5-6-10-16(14)13-17/h2-13,18-19H,1H3/t18-,19-/m1/s1. The van der Waals surface area contributed by atoms with Crippen LogP contribution in [0, 0.1) is 0 Å². The van der Waals surface area contributed by atoms with Gasteiger partial charge in [-0.05, 0) is 21.9 Å². The van der Waals surface area contributed by atoms with Crippen molar-refractivity contribution in [3.63, 3.8) is 0 Å². The molecule has 22 heavy (non-hydrogen) atoms. The van der Waals surface area contributed by atoms with E-state index in [1.165, 1.54) is 16.3 Å². The van der Waals surface area contributed by atoms with Crippen LogP contribution in [-0.2, 0) is 4.79 Å². The Bertz CT molecular complexity index is 840. The largest absolute Gasteiger partial charge is 0.337 e. The number of hydrogen-bond acceptors (Lipinski definition) is 1. The van der Waals surface area contributed by atoms with Crippen molar-refractivity contribution in [2.45, 2.75) is 12.0 Å². The summed E-state index contributed by atoms with van der Waals surface area (Å²) < 4.78 is 0. The normalized spacial score (nSPS) is 21.0. The lowest BCUT2D eigenvalue weighted by atomic mass is 9.78. The summed E-state index contributed by atoms with van der Waals surface area (Å²) in [4.78, 5) is 14.3. The van der Waals surface area contributed by atoms with Gasteiger partial charge in [0.2, 0.25) is 5.91 Å². The van der Waals surface area contributed by atoms with Crippen molar-refractivity contribution in [1.82, 2.24) is 4.90 Å². The molecule has 108 valence electrons. The third-order valence-electron chi connectivity index (χ3n) is 4.62. The quantitative estimate of drug-likeness (QED) is 0.649. The number of likely N-dealkylation sites (tertiary alicyclic amines) is 1. The Morgan fingerprint density at radius 3 is 2.23 bits per heavy atom. The fourth-order valence-corrected chi connectivity index (χ4v) is 3.43. The van der Waals surface area contributed by atoms with Gasteiger partial charge in [-0.2, -0.15) is 0 Å². The SMILES string of the molecule is CN1C(=O)[C@H](c2ccc3ccccc3c2)[C@H]1c1ccccc1. The Labute approximate surface area is 130 Å². The van der Waals surface area contributed by atoms with Gasteiger partial charge in [-0.3, -0.25) is 4.79 Å². The van der Waals surface area contributed by atoms with Crippen molar-refractivity contribution in [2.75, 3.05) is 7.05 Å². The highest BCUT2D eigenvalue weighted by molar-refractivity contribution is 5.93. The first-order chi connectivity index (χ1) is 10.8. The Hall–Kier alpha value is -2.61. The van der Waals surface area contributed by atoms with Crippen LogP contribution in [0.15, 0.2) is 72.8 Å². The number of carbonyl (C=O) groups excluding carboxylic acids is 1. The minimum absolute atomic E-state index is 0.0722. The van der Waals surface area contributed by atoms with E-state index in [2.05, 4.69) is 42.5 Å². The summed E-state index contributed by atoms with van der Waals surface area (Å²) in [5.41, 5.74) is 2.30. The molecule has 1 amide bonds. The van der Waals surface area contributed by atoms with E-state index in [-0.39, 0.29) is 17.9 Å². The summed E-state index contributed by atoms with van der Waals surface area (Å²) >= 11 is 0. The highest BCUT2D eigenvalue weighted by Crippen LogP contribution is 2.45. The van der Waals surface area contributed by atoms with Gasteiger partial charge in [0.05, 0.1) is 12.0 Å². The van der Waals surface area contributed by atoms with Crippen molar-refractivity contribution < 1.29 is 4.79 Å². The molecule has 4 rings (SSSR count). The Morgan fingerprint density at radius 2 is 1.45 bits per heavy atom. The van der Waals surface area contributed by atoms with Crippen molar-refractivity contribution >= 4 is 16.7 Å². The average Bonchev–Trinajstić information content (AvgIpc) is 2.59. The maximum absolute atomic E-state index is 12.4. The molecule has 1 fully saturated rings. The minimum Gasteiger partial charge on any atom is -0.337 e. The van der Waals surface area contributed by atoms with E-state index in [1.807, 2.05) is 42.3 Å². The van der Waals surface area contributed by atoms with Crippen LogP contribution in [0.5, 0.6) is 0 Å². The van der Waals surface area contributed by atoms with E-state index in [1.54, 1.807) is 0 Å². The second kappa shape index (κ2) is 4.99. The number of fused-ring (bicyclic) bond motifs is 1. The van der Waals surface area contributed by atoms with E-state index in [4.69, 9.17) is 0 Å². The maximum atomic E-state index is 12.4. The van der Waals surface area contributed by atoms with Crippen LogP contribution in [0.4, 0.5) is 0 Å². The molecule has 0 N–H and O–H groups in total. The second-order valence-electron chi connectivity index (χ2n) is 5.89. The molecule has 0 saturated carbocycles. The fraction of sp³-hybridized carbons (Fsp3) is 0.150. The summed E-state index contributed by atoms with van der Waals surface area (Å²) in [5.74, 6) is 0.126. The van der Waals surface area contributed by atoms with Crippen LogP contribution >= 0.6 is 0 Å². The van der Waals surface area contributed by atoms with Crippen LogP contribution in [0.1, 0.15) is 23.1 Å². The van der Waals surface area contributed by atoms with Crippen LogP contribution in [0.2, 0.25) is 0 Å². The number of amides is 1. The molecule has 3 aromatic carbocycles. The van der Waals surface area contributed by atoms with Gasteiger partial charge in [-0.25, -0.2) is 0 Å². The second-order valence-corrected chi connectivity index (χ2v) is 5.89. The molecule has 1 aliphatic rings. The van der Waals surface area contributed by atoms with Gasteiger partial charge in [0.15, 0.2) is 0 Å². The van der Waals surface area contributed by atoms with E-state index in [0.29, 0.717) is 0 Å². The fourth-order valence-electron chi connectivity index (χ4n) is 3.43. The zero-order valence-electron chi connectivity index (χ0n) is 12.4. The van der Waals surface area contributed by atoms with Gasteiger partial charge < -0.3 is 4.90 Å². The first-order valence-corrected chi connectivity index (χ1v) is 7.56. The highest BCUT2D eigenvalue weighted by atomic mass is 16.2. The summed E-state index contributed by atoms with van der Waals surface area (Å²) in [6, 6.07) is 25.0. The highest BCUT2D eigenvalue weighted by Gasteiger charge is 2.46. The number of likely N-dealkylation sites (N-methyl/N-ethyl adjacent to an activating group) is 1. The average molecular weight is 287 g/mol. The number of rotatable bonds is 2. The van der Waals surface area contributed by atoms with E-state index < -0.39 is 0 Å². The van der Waals surface area contributed by atoms with Crippen molar-refractivity contribution in [3.8, 4) is 0 Å². The third kappa shape index (κ3) is 1.92. The maximum Gasteiger partial charge on any atom is 0.232 e. The predicted molar refractivity (Wildman–Crippen MR) is 88.6 cm³/mol. The summed E-state index contributed by atoms with van der Waals surface area (Å²) in [6.45, 7) is 0. The van der Waals surface area contributed by atoms with Crippen molar-refractivity contribution in [2.24, 2.45) is 0 Å². The lowest BCUT2D eigenvalue weighted by Crippen LogP contribution is -2.50. The number of hydrogen-bond donors (Lipinski definition) is 0. The molecule has 0 aliphatic carbocycles. The smallest absolute Gasteiger partial charge is 0.232 e. The molecular formula is C20H17NO. The molecule has 0 bridgehead atoms. The molecule has 0 aromatic heterocycles. The topological polar surface area (TPSA) is 20.3 Å². The van der Waals surface area contributed by atoms with Gasteiger partial charge in [-0.15, -0.1) is 0 Å². The monoisotopic (exact) mass is 287 g/mol. The third-order valence-corrected chi connectivity index (χ3v) is 4.62. The predicted octanol–water partition coefficient (Wildman–Crippen LogP) is 4.14. The lowest BCUT2D eigenvalue weighted by molar-refractivity contribution is -0.147. The van der Waals surface area contributed by atoms with E-state index >= 15 is 0 Å². The lowest BCUT2D eigenvalue weighted by Gasteiger charge is -2.45.